The van der Waals surface area contributed by atoms with Crippen LogP contribution in [0, 0.1) is 12.8 Å². The number of alkyl halides is 3. The number of aryl methyl sites for hydroxylation is 1. The monoisotopic (exact) mass is 381 g/mol. The van der Waals surface area contributed by atoms with Crippen molar-refractivity contribution in [3.63, 3.8) is 0 Å². The van der Waals surface area contributed by atoms with Crippen LogP contribution in [0.2, 0.25) is 0 Å². The predicted octanol–water partition coefficient (Wildman–Crippen LogP) is 3.41. The summed E-state index contributed by atoms with van der Waals surface area (Å²) >= 11 is 0. The van der Waals surface area contributed by atoms with Gasteiger partial charge in [0.25, 0.3) is 0 Å². The fraction of sp³-hybridized carbons (Fsp3) is 0.625. The van der Waals surface area contributed by atoms with Crippen molar-refractivity contribution in [1.82, 2.24) is 4.72 Å². The van der Waals surface area contributed by atoms with E-state index in [2.05, 4.69) is 4.72 Å². The number of benzene rings is 1. The minimum absolute atomic E-state index is 0.0284. The summed E-state index contributed by atoms with van der Waals surface area (Å²) in [5, 5.41) is 0. The molecule has 2 unspecified atom stereocenters. The molecule has 1 fully saturated rings. The van der Waals surface area contributed by atoms with E-state index in [4.69, 9.17) is 9.47 Å². The molecule has 1 aromatic carbocycles. The van der Waals surface area contributed by atoms with Gasteiger partial charge < -0.3 is 9.47 Å². The summed E-state index contributed by atoms with van der Waals surface area (Å²) in [6.45, 7) is 1.59. The summed E-state index contributed by atoms with van der Waals surface area (Å²) in [6, 6.07) is 2.10. The van der Waals surface area contributed by atoms with Crippen LogP contribution >= 0.6 is 0 Å². The van der Waals surface area contributed by atoms with E-state index in [0.29, 0.717) is 24.2 Å². The van der Waals surface area contributed by atoms with Gasteiger partial charge in [0.15, 0.2) is 11.5 Å². The minimum atomic E-state index is -4.30. The molecular formula is C16H22F3NO4S. The van der Waals surface area contributed by atoms with E-state index in [1.54, 1.807) is 6.92 Å². The Morgan fingerprint density at radius 3 is 2.28 bits per heavy atom. The lowest BCUT2D eigenvalue weighted by Crippen LogP contribution is -2.41. The smallest absolute Gasteiger partial charge is 0.391 e. The largest absolute Gasteiger partial charge is 0.493 e. The van der Waals surface area contributed by atoms with Crippen molar-refractivity contribution in [3.05, 3.63) is 17.7 Å². The molecule has 2 atom stereocenters. The van der Waals surface area contributed by atoms with Crippen LogP contribution in [0.3, 0.4) is 0 Å². The number of halogens is 3. The molecule has 1 aliphatic carbocycles. The summed E-state index contributed by atoms with van der Waals surface area (Å²) in [5.74, 6) is -0.848. The first-order chi connectivity index (χ1) is 11.6. The third kappa shape index (κ3) is 4.58. The lowest BCUT2D eigenvalue weighted by Gasteiger charge is -2.31. The van der Waals surface area contributed by atoms with Gasteiger partial charge in [-0.1, -0.05) is 6.42 Å². The number of rotatable bonds is 5. The van der Waals surface area contributed by atoms with E-state index >= 15 is 0 Å². The Hall–Kier alpha value is -1.48. The van der Waals surface area contributed by atoms with Gasteiger partial charge in [-0.25, -0.2) is 13.1 Å². The number of nitrogens with one attached hydrogen (secondary N) is 1. The van der Waals surface area contributed by atoms with E-state index in [9.17, 15) is 21.6 Å². The zero-order chi connectivity index (χ0) is 18.8. The highest BCUT2D eigenvalue weighted by molar-refractivity contribution is 7.89. The van der Waals surface area contributed by atoms with E-state index < -0.39 is 28.2 Å². The maximum atomic E-state index is 12.9. The summed E-state index contributed by atoms with van der Waals surface area (Å²) in [4.78, 5) is -0.0284. The highest BCUT2D eigenvalue weighted by Crippen LogP contribution is 2.38. The van der Waals surface area contributed by atoms with Gasteiger partial charge in [-0.05, 0) is 37.8 Å². The van der Waals surface area contributed by atoms with Crippen molar-refractivity contribution in [2.75, 3.05) is 14.2 Å². The molecule has 0 amide bonds. The van der Waals surface area contributed by atoms with Crippen molar-refractivity contribution in [2.45, 2.75) is 49.7 Å². The highest BCUT2D eigenvalue weighted by atomic mass is 32.2. The molecule has 1 saturated carbocycles. The number of sulfonamides is 1. The Morgan fingerprint density at radius 1 is 1.12 bits per heavy atom. The molecule has 1 aliphatic rings. The second-order valence-electron chi connectivity index (χ2n) is 6.20. The lowest BCUT2D eigenvalue weighted by atomic mass is 9.86. The lowest BCUT2D eigenvalue weighted by molar-refractivity contribution is -0.183. The van der Waals surface area contributed by atoms with Crippen LogP contribution < -0.4 is 14.2 Å². The number of ether oxygens (including phenoxy) is 2. The minimum Gasteiger partial charge on any atom is -0.493 e. The second-order valence-corrected chi connectivity index (χ2v) is 7.88. The molecule has 1 aromatic rings. The first kappa shape index (κ1) is 19.8. The van der Waals surface area contributed by atoms with Crippen molar-refractivity contribution < 1.29 is 31.1 Å². The normalized spacial score (nSPS) is 21.8. The Morgan fingerprint density at radius 2 is 1.72 bits per heavy atom. The zero-order valence-electron chi connectivity index (χ0n) is 14.3. The molecular weight excluding hydrogens is 359 g/mol. The van der Waals surface area contributed by atoms with Crippen LogP contribution in [0.1, 0.15) is 31.2 Å². The second kappa shape index (κ2) is 7.41. The predicted molar refractivity (Wildman–Crippen MR) is 86.4 cm³/mol. The zero-order valence-corrected chi connectivity index (χ0v) is 15.1. The van der Waals surface area contributed by atoms with Crippen molar-refractivity contribution >= 4 is 10.0 Å². The third-order valence-electron chi connectivity index (χ3n) is 4.43. The Kier molecular flexibility index (Phi) is 5.88. The molecule has 2 rings (SSSR count). The van der Waals surface area contributed by atoms with Gasteiger partial charge in [0.05, 0.1) is 25.0 Å². The van der Waals surface area contributed by atoms with Gasteiger partial charge in [-0.3, -0.25) is 0 Å². The first-order valence-electron chi connectivity index (χ1n) is 7.90. The topological polar surface area (TPSA) is 64.6 Å². The van der Waals surface area contributed by atoms with Crippen molar-refractivity contribution in [2.24, 2.45) is 5.92 Å². The first-order valence-corrected chi connectivity index (χ1v) is 9.38. The molecule has 0 spiro atoms. The van der Waals surface area contributed by atoms with E-state index in [1.165, 1.54) is 26.4 Å². The molecule has 142 valence electrons. The molecule has 25 heavy (non-hydrogen) atoms. The molecule has 0 heterocycles. The molecule has 0 aromatic heterocycles. The van der Waals surface area contributed by atoms with Gasteiger partial charge in [-0.2, -0.15) is 13.2 Å². The fourth-order valence-corrected chi connectivity index (χ4v) is 4.65. The van der Waals surface area contributed by atoms with Crippen LogP contribution in [0.25, 0.3) is 0 Å². The highest BCUT2D eigenvalue weighted by Gasteiger charge is 2.43. The summed E-state index contributed by atoms with van der Waals surface area (Å²) in [5.41, 5.74) is 0.424. The average molecular weight is 381 g/mol. The van der Waals surface area contributed by atoms with Crippen LogP contribution in [0.4, 0.5) is 13.2 Å². The van der Waals surface area contributed by atoms with Crippen LogP contribution in [-0.4, -0.2) is 34.9 Å². The average Bonchev–Trinajstić information content (AvgIpc) is 2.53. The van der Waals surface area contributed by atoms with E-state index in [0.717, 1.165) is 0 Å². The van der Waals surface area contributed by atoms with Crippen LogP contribution in [-0.2, 0) is 10.0 Å². The van der Waals surface area contributed by atoms with Crippen LogP contribution in [0.15, 0.2) is 17.0 Å². The summed E-state index contributed by atoms with van der Waals surface area (Å²) in [7, 11) is -1.16. The Balaban J connectivity index is 2.24. The number of hydrogen-bond acceptors (Lipinski definition) is 4. The maximum Gasteiger partial charge on any atom is 0.391 e. The number of methoxy groups -OCH3 is 2. The SMILES string of the molecule is COc1cc(C)c(S(=O)(=O)NC2CCCC(C(F)(F)F)C2)cc1OC. The molecule has 9 heteroatoms. The van der Waals surface area contributed by atoms with E-state index in [1.807, 2.05) is 0 Å². The van der Waals surface area contributed by atoms with E-state index in [-0.39, 0.29) is 23.5 Å². The maximum absolute atomic E-state index is 12.9. The molecule has 5 nitrogen and oxygen atoms in total. The quantitative estimate of drug-likeness (QED) is 0.849. The molecule has 1 N–H and O–H groups in total. The van der Waals surface area contributed by atoms with Gasteiger partial charge in [0, 0.05) is 12.1 Å². The van der Waals surface area contributed by atoms with Gasteiger partial charge in [0.2, 0.25) is 10.0 Å². The third-order valence-corrected chi connectivity index (χ3v) is 6.09. The standard InChI is InChI=1S/C16H22F3NO4S/c1-10-7-13(23-2)14(24-3)9-15(10)25(21,22)20-12-6-4-5-11(8-12)16(17,18)19/h7,9,11-12,20H,4-6,8H2,1-3H3. The number of hydrogen-bond donors (Lipinski definition) is 1. The Labute approximate surface area is 145 Å². The fourth-order valence-electron chi connectivity index (χ4n) is 3.13. The summed E-state index contributed by atoms with van der Waals surface area (Å²) < 4.78 is 76.7. The molecule has 0 bridgehead atoms. The molecule has 0 aliphatic heterocycles. The molecule has 0 saturated heterocycles. The van der Waals surface area contributed by atoms with Gasteiger partial charge >= 0.3 is 6.18 Å². The molecule has 0 radical (unpaired) electrons. The van der Waals surface area contributed by atoms with Crippen LogP contribution in [0.5, 0.6) is 11.5 Å². The van der Waals surface area contributed by atoms with Gasteiger partial charge in [0.1, 0.15) is 0 Å². The summed E-state index contributed by atoms with van der Waals surface area (Å²) in [6.07, 6.45) is -3.78. The Bertz CT molecular complexity index is 719. The van der Waals surface area contributed by atoms with Crippen molar-refractivity contribution in [1.29, 1.82) is 0 Å². The van der Waals surface area contributed by atoms with Crippen molar-refractivity contribution in [3.8, 4) is 11.5 Å². The van der Waals surface area contributed by atoms with Gasteiger partial charge in [-0.15, -0.1) is 0 Å².